The molecule has 2 aromatic carbocycles. The zero-order valence-corrected chi connectivity index (χ0v) is 12.2. The summed E-state index contributed by atoms with van der Waals surface area (Å²) in [4.78, 5) is 0. The van der Waals surface area contributed by atoms with Gasteiger partial charge in [-0.1, -0.05) is 36.4 Å². The third kappa shape index (κ3) is 3.74. The first kappa shape index (κ1) is 14.0. The molecule has 0 heterocycles. The second-order valence-corrected chi connectivity index (χ2v) is 5.24. The lowest BCUT2D eigenvalue weighted by atomic mass is 10.00. The zero-order valence-electron chi connectivity index (χ0n) is 11.4. The van der Waals surface area contributed by atoms with Gasteiger partial charge in [-0.2, -0.15) is 0 Å². The van der Waals surface area contributed by atoms with Crippen LogP contribution in [0.5, 0.6) is 5.75 Å². The van der Waals surface area contributed by atoms with E-state index in [-0.39, 0.29) is 5.38 Å². The number of halogens is 1. The maximum Gasteiger partial charge on any atom is 0.119 e. The first-order chi connectivity index (χ1) is 9.20. The van der Waals surface area contributed by atoms with Crippen molar-refractivity contribution in [1.29, 1.82) is 0 Å². The maximum absolute atomic E-state index is 6.44. The lowest BCUT2D eigenvalue weighted by molar-refractivity contribution is 0.414. The molecule has 0 fully saturated rings. The molecule has 100 valence electrons. The predicted octanol–water partition coefficient (Wildman–Crippen LogP) is 4.92. The second kappa shape index (κ2) is 6.63. The van der Waals surface area contributed by atoms with Crippen LogP contribution in [0.15, 0.2) is 48.5 Å². The summed E-state index contributed by atoms with van der Waals surface area (Å²) in [6, 6.07) is 16.4. The Labute approximate surface area is 120 Å². The van der Waals surface area contributed by atoms with E-state index in [9.17, 15) is 0 Å². The van der Waals surface area contributed by atoms with Crippen molar-refractivity contribution in [3.05, 3.63) is 65.2 Å². The van der Waals surface area contributed by atoms with Crippen LogP contribution >= 0.6 is 11.6 Å². The molecule has 0 amide bonds. The Kier molecular flexibility index (Phi) is 4.86. The SMILES string of the molecule is COc1ccc(CCC(Cl)c2ccccc2)c(C)c1. The van der Waals surface area contributed by atoms with Crippen LogP contribution in [0, 0.1) is 6.92 Å². The number of hydrogen-bond donors (Lipinski definition) is 0. The smallest absolute Gasteiger partial charge is 0.119 e. The van der Waals surface area contributed by atoms with Crippen LogP contribution in [0.1, 0.15) is 28.5 Å². The monoisotopic (exact) mass is 274 g/mol. The number of methoxy groups -OCH3 is 1. The van der Waals surface area contributed by atoms with Gasteiger partial charge in [0.05, 0.1) is 12.5 Å². The molecule has 0 aliphatic carbocycles. The van der Waals surface area contributed by atoms with Crippen molar-refractivity contribution < 1.29 is 4.74 Å². The van der Waals surface area contributed by atoms with Gasteiger partial charge in [0.1, 0.15) is 5.75 Å². The minimum atomic E-state index is 0.0719. The Bertz CT molecular complexity index is 522. The third-order valence-corrected chi connectivity index (χ3v) is 3.85. The average molecular weight is 275 g/mol. The molecule has 2 rings (SSSR count). The van der Waals surface area contributed by atoms with Crippen molar-refractivity contribution in [3.63, 3.8) is 0 Å². The highest BCUT2D eigenvalue weighted by Crippen LogP contribution is 2.27. The Balaban J connectivity index is 1.99. The van der Waals surface area contributed by atoms with Crippen LogP contribution in [0.25, 0.3) is 0 Å². The standard InChI is InChI=1S/C17H19ClO/c1-13-12-16(19-2)10-8-14(13)9-11-17(18)15-6-4-3-5-7-15/h3-8,10,12,17H,9,11H2,1-2H3. The van der Waals surface area contributed by atoms with Crippen molar-refractivity contribution in [2.75, 3.05) is 7.11 Å². The van der Waals surface area contributed by atoms with E-state index in [1.165, 1.54) is 16.7 Å². The summed E-state index contributed by atoms with van der Waals surface area (Å²) in [5.41, 5.74) is 3.79. The minimum Gasteiger partial charge on any atom is -0.497 e. The van der Waals surface area contributed by atoms with Crippen LogP contribution in [-0.4, -0.2) is 7.11 Å². The molecular formula is C17H19ClO. The summed E-state index contributed by atoms with van der Waals surface area (Å²) >= 11 is 6.44. The number of hydrogen-bond acceptors (Lipinski definition) is 1. The molecule has 0 spiro atoms. The molecule has 0 bridgehead atoms. The molecule has 0 saturated heterocycles. The van der Waals surface area contributed by atoms with Crippen molar-refractivity contribution in [2.24, 2.45) is 0 Å². The summed E-state index contributed by atoms with van der Waals surface area (Å²) in [5.74, 6) is 0.909. The minimum absolute atomic E-state index is 0.0719. The summed E-state index contributed by atoms with van der Waals surface area (Å²) in [5, 5.41) is 0.0719. The fourth-order valence-corrected chi connectivity index (χ4v) is 2.44. The van der Waals surface area contributed by atoms with E-state index in [0.29, 0.717) is 0 Å². The largest absolute Gasteiger partial charge is 0.497 e. The van der Waals surface area contributed by atoms with Crippen LogP contribution in [0.2, 0.25) is 0 Å². The number of ether oxygens (including phenoxy) is 1. The lowest BCUT2D eigenvalue weighted by Crippen LogP contribution is -1.96. The normalized spacial score (nSPS) is 12.2. The molecule has 0 radical (unpaired) electrons. The molecule has 2 aromatic rings. The summed E-state index contributed by atoms with van der Waals surface area (Å²) in [6.45, 7) is 2.11. The Morgan fingerprint density at radius 1 is 1.11 bits per heavy atom. The van der Waals surface area contributed by atoms with E-state index in [4.69, 9.17) is 16.3 Å². The molecule has 19 heavy (non-hydrogen) atoms. The van der Waals surface area contributed by atoms with Crippen molar-refractivity contribution >= 4 is 11.6 Å². The van der Waals surface area contributed by atoms with Crippen molar-refractivity contribution in [1.82, 2.24) is 0 Å². The molecule has 2 heteroatoms. The molecule has 0 N–H and O–H groups in total. The Morgan fingerprint density at radius 3 is 2.47 bits per heavy atom. The van der Waals surface area contributed by atoms with Gasteiger partial charge in [-0.25, -0.2) is 0 Å². The Morgan fingerprint density at radius 2 is 1.84 bits per heavy atom. The van der Waals surface area contributed by atoms with E-state index in [1.54, 1.807) is 7.11 Å². The van der Waals surface area contributed by atoms with Crippen LogP contribution < -0.4 is 4.74 Å². The summed E-state index contributed by atoms with van der Waals surface area (Å²) < 4.78 is 5.22. The molecule has 1 unspecified atom stereocenters. The van der Waals surface area contributed by atoms with Crippen molar-refractivity contribution in [2.45, 2.75) is 25.1 Å². The Hall–Kier alpha value is -1.47. The second-order valence-electron chi connectivity index (χ2n) is 4.71. The number of aryl methyl sites for hydroxylation is 2. The lowest BCUT2D eigenvalue weighted by Gasteiger charge is -2.12. The topological polar surface area (TPSA) is 9.23 Å². The van der Waals surface area contributed by atoms with Gasteiger partial charge < -0.3 is 4.74 Å². The quantitative estimate of drug-likeness (QED) is 0.704. The van der Waals surface area contributed by atoms with E-state index < -0.39 is 0 Å². The van der Waals surface area contributed by atoms with Gasteiger partial charge in [0.25, 0.3) is 0 Å². The van der Waals surface area contributed by atoms with E-state index >= 15 is 0 Å². The molecule has 0 saturated carbocycles. The van der Waals surface area contributed by atoms with Gasteiger partial charge in [0.2, 0.25) is 0 Å². The highest BCUT2D eigenvalue weighted by atomic mass is 35.5. The highest BCUT2D eigenvalue weighted by molar-refractivity contribution is 6.20. The molecule has 0 aromatic heterocycles. The molecule has 0 aliphatic rings. The van der Waals surface area contributed by atoms with Gasteiger partial charge in [0.15, 0.2) is 0 Å². The van der Waals surface area contributed by atoms with Crippen LogP contribution in [0.4, 0.5) is 0 Å². The molecule has 0 aliphatic heterocycles. The fourth-order valence-electron chi connectivity index (χ4n) is 2.19. The van der Waals surface area contributed by atoms with Crippen LogP contribution in [-0.2, 0) is 6.42 Å². The van der Waals surface area contributed by atoms with Gasteiger partial charge in [-0.3, -0.25) is 0 Å². The van der Waals surface area contributed by atoms with Gasteiger partial charge >= 0.3 is 0 Å². The van der Waals surface area contributed by atoms with Gasteiger partial charge in [0, 0.05) is 0 Å². The highest BCUT2D eigenvalue weighted by Gasteiger charge is 2.08. The first-order valence-corrected chi connectivity index (χ1v) is 6.97. The molecule has 1 atom stereocenters. The number of benzene rings is 2. The summed E-state index contributed by atoms with van der Waals surface area (Å²) in [7, 11) is 1.69. The zero-order chi connectivity index (χ0) is 13.7. The van der Waals surface area contributed by atoms with E-state index in [2.05, 4.69) is 31.2 Å². The third-order valence-electron chi connectivity index (χ3n) is 3.38. The maximum atomic E-state index is 6.44. The van der Waals surface area contributed by atoms with Crippen LogP contribution in [0.3, 0.4) is 0 Å². The van der Waals surface area contributed by atoms with Gasteiger partial charge in [-0.15, -0.1) is 11.6 Å². The predicted molar refractivity (Wildman–Crippen MR) is 81.1 cm³/mol. The molecular weight excluding hydrogens is 256 g/mol. The molecule has 1 nitrogen and oxygen atoms in total. The van der Waals surface area contributed by atoms with Crippen molar-refractivity contribution in [3.8, 4) is 5.75 Å². The fraction of sp³-hybridized carbons (Fsp3) is 0.294. The summed E-state index contributed by atoms with van der Waals surface area (Å²) in [6.07, 6.45) is 1.93. The van der Waals surface area contributed by atoms with E-state index in [0.717, 1.165) is 18.6 Å². The number of rotatable bonds is 5. The number of alkyl halides is 1. The van der Waals surface area contributed by atoms with Gasteiger partial charge in [-0.05, 0) is 48.6 Å². The average Bonchev–Trinajstić information content (AvgIpc) is 2.46. The first-order valence-electron chi connectivity index (χ1n) is 6.53. The van der Waals surface area contributed by atoms with E-state index in [1.807, 2.05) is 24.3 Å².